The molecule has 1 aliphatic heterocycles. The fourth-order valence-corrected chi connectivity index (χ4v) is 4.43. The summed E-state index contributed by atoms with van der Waals surface area (Å²) in [6, 6.07) is 10.9. The molecular weight excluding hydrogens is 570 g/mol. The third-order valence-electron chi connectivity index (χ3n) is 7.11. The van der Waals surface area contributed by atoms with Crippen LogP contribution in [0, 0.1) is 23.7 Å². The zero-order valence-corrected chi connectivity index (χ0v) is 26.1. The average molecular weight is 612 g/mol. The van der Waals surface area contributed by atoms with Gasteiger partial charge in [-0.2, -0.15) is 0 Å². The number of esters is 3. The molecule has 0 saturated carbocycles. The molecule has 11 nitrogen and oxygen atoms in total. The van der Waals surface area contributed by atoms with E-state index in [0.717, 1.165) is 5.56 Å². The van der Waals surface area contributed by atoms with Gasteiger partial charge in [0.25, 0.3) is 0 Å². The van der Waals surface area contributed by atoms with Gasteiger partial charge in [0.05, 0.1) is 24.7 Å². The highest BCUT2D eigenvalue weighted by Gasteiger charge is 2.41. The topological polar surface area (TPSA) is 137 Å². The first-order chi connectivity index (χ1) is 20.9. The largest absolute Gasteiger partial charge is 0.493 e. The lowest BCUT2D eigenvalue weighted by atomic mass is 9.91. The van der Waals surface area contributed by atoms with Crippen LogP contribution < -0.4 is 9.47 Å². The fourth-order valence-electron chi connectivity index (χ4n) is 4.43. The van der Waals surface area contributed by atoms with Gasteiger partial charge in [-0.3, -0.25) is 19.2 Å². The zero-order chi connectivity index (χ0) is 32.4. The van der Waals surface area contributed by atoms with E-state index in [1.54, 1.807) is 20.8 Å². The summed E-state index contributed by atoms with van der Waals surface area (Å²) >= 11 is 0. The molecule has 0 bridgehead atoms. The number of pyridine rings is 1. The molecule has 1 aromatic carbocycles. The van der Waals surface area contributed by atoms with Crippen molar-refractivity contribution < 1.29 is 47.6 Å². The van der Waals surface area contributed by atoms with E-state index in [1.807, 2.05) is 44.2 Å². The van der Waals surface area contributed by atoms with Gasteiger partial charge in [0.2, 0.25) is 6.79 Å². The monoisotopic (exact) mass is 611 g/mol. The van der Waals surface area contributed by atoms with Gasteiger partial charge >= 0.3 is 17.9 Å². The van der Waals surface area contributed by atoms with Crippen molar-refractivity contribution in [2.24, 2.45) is 23.7 Å². The minimum absolute atomic E-state index is 0.0510. The number of allylic oxidation sites excluding steroid dienone is 1. The maximum Gasteiger partial charge on any atom is 0.313 e. The number of carbonyl (C=O) groups is 4. The molecule has 11 heteroatoms. The van der Waals surface area contributed by atoms with Gasteiger partial charge in [0, 0.05) is 24.6 Å². The Hall–Kier alpha value is -4.41. The SMILES string of the molecule is C=C(O[C@H]1[C@H](C)OC(=O)C(CC(=O)c2nccc(OC)c2OCOC(=O)C(C)C)COC(=O)[C@@H]1Cc1ccccc1)C(C)C. The molecule has 0 spiro atoms. The van der Waals surface area contributed by atoms with Crippen molar-refractivity contribution >= 4 is 23.7 Å². The van der Waals surface area contributed by atoms with Crippen LogP contribution in [0.5, 0.6) is 11.5 Å². The van der Waals surface area contributed by atoms with Crippen LogP contribution in [0.2, 0.25) is 0 Å². The predicted molar refractivity (Wildman–Crippen MR) is 159 cm³/mol. The molecule has 4 atom stereocenters. The number of ketones is 1. The summed E-state index contributed by atoms with van der Waals surface area (Å²) in [7, 11) is 1.38. The Labute approximate surface area is 257 Å². The Balaban J connectivity index is 1.85. The van der Waals surface area contributed by atoms with E-state index in [9.17, 15) is 19.2 Å². The van der Waals surface area contributed by atoms with Crippen molar-refractivity contribution in [1.29, 1.82) is 0 Å². The molecule has 0 aliphatic carbocycles. The average Bonchev–Trinajstić information content (AvgIpc) is 3.03. The van der Waals surface area contributed by atoms with E-state index >= 15 is 0 Å². The second-order valence-electron chi connectivity index (χ2n) is 11.2. The Morgan fingerprint density at radius 2 is 1.75 bits per heavy atom. The minimum atomic E-state index is -1.14. The van der Waals surface area contributed by atoms with Crippen LogP contribution in [0.15, 0.2) is 54.9 Å². The molecule has 2 heterocycles. The number of nitrogens with zero attached hydrogens (tertiary/aromatic N) is 1. The fraction of sp³-hybridized carbons (Fsp3) is 0.485. The van der Waals surface area contributed by atoms with Crippen LogP contribution >= 0.6 is 0 Å². The number of aromatic nitrogens is 1. The molecule has 0 amide bonds. The first kappa shape index (κ1) is 34.1. The Bertz CT molecular complexity index is 1320. The predicted octanol–water partition coefficient (Wildman–Crippen LogP) is 4.72. The molecule has 238 valence electrons. The minimum Gasteiger partial charge on any atom is -0.493 e. The molecule has 2 aromatic rings. The molecule has 1 fully saturated rings. The molecule has 0 N–H and O–H groups in total. The lowest BCUT2D eigenvalue weighted by Crippen LogP contribution is -2.42. The molecule has 0 radical (unpaired) electrons. The highest BCUT2D eigenvalue weighted by Crippen LogP contribution is 2.32. The van der Waals surface area contributed by atoms with Crippen molar-refractivity contribution in [3.8, 4) is 11.5 Å². The molecule has 1 saturated heterocycles. The van der Waals surface area contributed by atoms with Gasteiger partial charge in [-0.05, 0) is 18.9 Å². The number of hydrogen-bond acceptors (Lipinski definition) is 11. The van der Waals surface area contributed by atoms with Crippen LogP contribution in [0.3, 0.4) is 0 Å². The van der Waals surface area contributed by atoms with Crippen molar-refractivity contribution in [3.05, 3.63) is 66.2 Å². The standard InChI is InChI=1S/C33H41NO10/c1-19(2)21(5)43-29-22(6)44-32(37)24(17-40-33(38)25(29)15-23-11-9-8-10-12-23)16-26(35)28-30(27(39-7)13-14-34-28)41-18-42-31(36)20(3)4/h8-14,19-20,22,24-25,29H,5,15-18H2,1-4,6-7H3/t22-,24?,25+,29-/m0/s1. The number of cyclic esters (lactones) is 2. The van der Waals surface area contributed by atoms with Crippen molar-refractivity contribution in [2.45, 2.75) is 59.7 Å². The lowest BCUT2D eigenvalue weighted by Gasteiger charge is -2.31. The van der Waals surface area contributed by atoms with Crippen molar-refractivity contribution in [1.82, 2.24) is 4.98 Å². The molecule has 44 heavy (non-hydrogen) atoms. The van der Waals surface area contributed by atoms with E-state index in [4.69, 9.17) is 28.4 Å². The number of methoxy groups -OCH3 is 1. The highest BCUT2D eigenvalue weighted by molar-refractivity contribution is 5.99. The summed E-state index contributed by atoms with van der Waals surface area (Å²) in [6.45, 7) is 11.9. The summed E-state index contributed by atoms with van der Waals surface area (Å²) in [5, 5.41) is 0. The number of hydrogen-bond donors (Lipinski definition) is 0. The van der Waals surface area contributed by atoms with Gasteiger partial charge in [0.15, 0.2) is 23.0 Å². The van der Waals surface area contributed by atoms with E-state index in [0.29, 0.717) is 5.76 Å². The summed E-state index contributed by atoms with van der Waals surface area (Å²) in [5.41, 5.74) is 0.729. The van der Waals surface area contributed by atoms with E-state index in [2.05, 4.69) is 11.6 Å². The van der Waals surface area contributed by atoms with Gasteiger partial charge < -0.3 is 28.4 Å². The van der Waals surface area contributed by atoms with Crippen LogP contribution in [0.1, 0.15) is 57.1 Å². The first-order valence-corrected chi connectivity index (χ1v) is 14.5. The number of ether oxygens (including phenoxy) is 6. The number of rotatable bonds is 13. The summed E-state index contributed by atoms with van der Waals surface area (Å²) in [4.78, 5) is 56.4. The first-order valence-electron chi connectivity index (χ1n) is 14.5. The molecule has 1 unspecified atom stereocenters. The Morgan fingerprint density at radius 1 is 1.05 bits per heavy atom. The zero-order valence-electron chi connectivity index (χ0n) is 26.1. The van der Waals surface area contributed by atoms with Crippen LogP contribution in [0.25, 0.3) is 0 Å². The second-order valence-corrected chi connectivity index (χ2v) is 11.2. The maximum atomic E-state index is 13.5. The summed E-state index contributed by atoms with van der Waals surface area (Å²) < 4.78 is 33.5. The van der Waals surface area contributed by atoms with Crippen molar-refractivity contribution in [3.63, 3.8) is 0 Å². The van der Waals surface area contributed by atoms with Crippen LogP contribution in [-0.2, 0) is 39.8 Å². The van der Waals surface area contributed by atoms with Crippen LogP contribution in [0.4, 0.5) is 0 Å². The van der Waals surface area contributed by atoms with E-state index < -0.39 is 67.6 Å². The van der Waals surface area contributed by atoms with Gasteiger partial charge in [-0.25, -0.2) is 4.98 Å². The lowest BCUT2D eigenvalue weighted by molar-refractivity contribution is -0.162. The van der Waals surface area contributed by atoms with Crippen molar-refractivity contribution in [2.75, 3.05) is 20.5 Å². The number of benzene rings is 1. The highest BCUT2D eigenvalue weighted by atomic mass is 16.7. The second kappa shape index (κ2) is 15.9. The molecule has 1 aliphatic rings. The summed E-state index contributed by atoms with van der Waals surface area (Å²) in [5.74, 6) is -4.25. The number of Topliss-reactive ketones (excluding diaryl/α,β-unsaturated/α-hetero) is 1. The Morgan fingerprint density at radius 3 is 2.39 bits per heavy atom. The summed E-state index contributed by atoms with van der Waals surface area (Å²) in [6.07, 6.45) is -0.546. The van der Waals surface area contributed by atoms with E-state index in [-0.39, 0.29) is 35.4 Å². The Kier molecular flexibility index (Phi) is 12.3. The quantitative estimate of drug-likeness (QED) is 0.102. The maximum absolute atomic E-state index is 13.5. The molecule has 1 aromatic heterocycles. The normalized spacial score (nSPS) is 20.5. The molecule has 3 rings (SSSR count). The van der Waals surface area contributed by atoms with Gasteiger partial charge in [0.1, 0.15) is 24.7 Å². The van der Waals surface area contributed by atoms with Gasteiger partial charge in [-0.15, -0.1) is 0 Å². The third-order valence-corrected chi connectivity index (χ3v) is 7.11. The van der Waals surface area contributed by atoms with E-state index in [1.165, 1.54) is 19.4 Å². The van der Waals surface area contributed by atoms with Gasteiger partial charge in [-0.1, -0.05) is 64.6 Å². The smallest absolute Gasteiger partial charge is 0.313 e. The molecular formula is C33H41NO10. The van der Waals surface area contributed by atoms with Crippen LogP contribution in [-0.4, -0.2) is 61.4 Å². The number of carbonyl (C=O) groups excluding carboxylic acids is 4. The third kappa shape index (κ3) is 9.05.